The molecule has 2 aromatic heterocycles. The van der Waals surface area contributed by atoms with E-state index in [-0.39, 0.29) is 23.5 Å². The van der Waals surface area contributed by atoms with E-state index in [0.29, 0.717) is 50.3 Å². The third kappa shape index (κ3) is 7.74. The Labute approximate surface area is 263 Å². The van der Waals surface area contributed by atoms with Crippen molar-refractivity contribution in [3.63, 3.8) is 0 Å². The lowest BCUT2D eigenvalue weighted by Gasteiger charge is -2.44. The van der Waals surface area contributed by atoms with Crippen molar-refractivity contribution in [1.82, 2.24) is 35.1 Å². The molecule has 13 nitrogen and oxygen atoms in total. The lowest BCUT2D eigenvalue weighted by Crippen LogP contribution is -2.55. The van der Waals surface area contributed by atoms with Crippen molar-refractivity contribution in [1.29, 1.82) is 0 Å². The van der Waals surface area contributed by atoms with Gasteiger partial charge >= 0.3 is 6.18 Å². The van der Waals surface area contributed by atoms with Gasteiger partial charge in [-0.3, -0.25) is 24.2 Å². The summed E-state index contributed by atoms with van der Waals surface area (Å²) in [5, 5.41) is 13.6. The quantitative estimate of drug-likeness (QED) is 0.299. The van der Waals surface area contributed by atoms with E-state index < -0.39 is 34.7 Å². The number of nitrogens with zero attached hydrogens (tertiary/aromatic N) is 6. The molecule has 2 amide bonds. The zero-order valence-corrected chi connectivity index (χ0v) is 25.9. The Morgan fingerprint density at radius 3 is 2.50 bits per heavy atom. The van der Waals surface area contributed by atoms with Gasteiger partial charge in [-0.2, -0.15) is 13.2 Å². The van der Waals surface area contributed by atoms with Crippen LogP contribution in [0.5, 0.6) is 0 Å². The van der Waals surface area contributed by atoms with Crippen LogP contribution in [0.1, 0.15) is 46.7 Å². The fourth-order valence-electron chi connectivity index (χ4n) is 5.64. The van der Waals surface area contributed by atoms with E-state index in [4.69, 9.17) is 4.74 Å². The van der Waals surface area contributed by atoms with Crippen LogP contribution in [0, 0.1) is 0 Å². The minimum Gasteiger partial charge on any atom is -0.379 e. The summed E-state index contributed by atoms with van der Waals surface area (Å²) in [6.45, 7) is 9.78. The largest absolute Gasteiger partial charge is 0.417 e. The molecule has 0 spiro atoms. The van der Waals surface area contributed by atoms with E-state index in [1.807, 2.05) is 7.05 Å². The minimum absolute atomic E-state index is 0.0887. The Morgan fingerprint density at radius 2 is 1.80 bits per heavy atom. The smallest absolute Gasteiger partial charge is 0.379 e. The van der Waals surface area contributed by atoms with Gasteiger partial charge in [0.25, 0.3) is 11.8 Å². The van der Waals surface area contributed by atoms with Crippen molar-refractivity contribution in [2.24, 2.45) is 0 Å². The van der Waals surface area contributed by atoms with E-state index >= 15 is 0 Å². The van der Waals surface area contributed by atoms with Gasteiger partial charge in [-0.05, 0) is 52.1 Å². The zero-order valence-electron chi connectivity index (χ0n) is 25.9. The van der Waals surface area contributed by atoms with E-state index in [9.17, 15) is 27.6 Å². The molecule has 248 valence electrons. The molecule has 2 aliphatic rings. The molecule has 0 saturated carbocycles. The first-order chi connectivity index (χ1) is 21.9. The number of pyridine rings is 1. The number of ether oxygens (including phenoxy) is 1. The van der Waals surface area contributed by atoms with Crippen LogP contribution < -0.4 is 21.1 Å². The van der Waals surface area contributed by atoms with E-state index in [1.54, 1.807) is 18.2 Å². The summed E-state index contributed by atoms with van der Waals surface area (Å²) in [4.78, 5) is 46.4. The molecule has 16 heteroatoms. The molecule has 0 radical (unpaired) electrons. The first-order valence-electron chi connectivity index (χ1n) is 15.1. The van der Waals surface area contributed by atoms with Crippen molar-refractivity contribution in [3.05, 3.63) is 63.8 Å². The third-order valence-electron chi connectivity index (χ3n) is 8.43. The molecule has 1 aromatic carbocycles. The molecule has 4 heterocycles. The number of benzene rings is 1. The monoisotopic (exact) mass is 645 g/mol. The highest BCUT2D eigenvalue weighted by Crippen LogP contribution is 2.34. The van der Waals surface area contributed by atoms with Gasteiger partial charge in [0.2, 0.25) is 5.56 Å². The minimum atomic E-state index is -4.92. The van der Waals surface area contributed by atoms with Gasteiger partial charge in [0, 0.05) is 57.1 Å². The van der Waals surface area contributed by atoms with Crippen LogP contribution in [0.4, 0.5) is 24.5 Å². The number of piperazine rings is 1. The van der Waals surface area contributed by atoms with Gasteiger partial charge in [-0.15, -0.1) is 5.10 Å². The Bertz CT molecular complexity index is 1590. The van der Waals surface area contributed by atoms with E-state index in [0.717, 1.165) is 32.3 Å². The first kappa shape index (κ1) is 33.1. The number of anilines is 2. The molecule has 2 saturated heterocycles. The number of halogens is 3. The summed E-state index contributed by atoms with van der Waals surface area (Å²) < 4.78 is 48.0. The summed E-state index contributed by atoms with van der Waals surface area (Å²) in [7, 11) is 2.02. The average molecular weight is 646 g/mol. The fourth-order valence-corrected chi connectivity index (χ4v) is 5.64. The van der Waals surface area contributed by atoms with Crippen molar-refractivity contribution >= 4 is 23.2 Å². The molecule has 0 aliphatic carbocycles. The number of hydrogen-bond donors (Lipinski definition) is 3. The maximum Gasteiger partial charge on any atom is 0.417 e. The number of likely N-dealkylation sites (N-methyl/N-ethyl adjacent to an activating group) is 1. The van der Waals surface area contributed by atoms with Crippen molar-refractivity contribution < 1.29 is 27.5 Å². The molecule has 3 N–H and O–H groups in total. The molecule has 46 heavy (non-hydrogen) atoms. The number of rotatable bonds is 9. The summed E-state index contributed by atoms with van der Waals surface area (Å²) in [6, 6.07) is 5.74. The Balaban J connectivity index is 1.37. The molecule has 0 unspecified atom stereocenters. The van der Waals surface area contributed by atoms with E-state index in [2.05, 4.69) is 54.5 Å². The number of morpholine rings is 1. The number of aromatic amines is 1. The van der Waals surface area contributed by atoms with Crippen LogP contribution in [0.3, 0.4) is 0 Å². The number of carbonyl (C=O) groups is 2. The second-order valence-corrected chi connectivity index (χ2v) is 11.7. The highest BCUT2D eigenvalue weighted by molar-refractivity contribution is 6.07. The molecular formula is C30H38F3N9O4. The van der Waals surface area contributed by atoms with Crippen molar-refractivity contribution in [3.8, 4) is 5.69 Å². The van der Waals surface area contributed by atoms with Crippen molar-refractivity contribution in [2.45, 2.75) is 38.5 Å². The predicted octanol–water partition coefficient (Wildman–Crippen LogP) is 2.21. The number of hydrogen-bond acceptors (Lipinski definition) is 9. The lowest BCUT2D eigenvalue weighted by molar-refractivity contribution is -0.138. The summed E-state index contributed by atoms with van der Waals surface area (Å²) in [6.07, 6.45) is -1.96. The SMILES string of the molecule is C[C@@H]1CN(c2ccc(-n3cc(C(=O)NCCCN4CCOCC4)nn3)cc2NC(=O)c2c[nH]c(=O)cc2C(F)(F)F)C[C@H](C)N1C. The number of alkyl halides is 3. The number of carbonyl (C=O) groups excluding carboxylic acids is 2. The summed E-state index contributed by atoms with van der Waals surface area (Å²) in [5.41, 5.74) is -1.70. The Morgan fingerprint density at radius 1 is 1.09 bits per heavy atom. The van der Waals surface area contributed by atoms with Crippen molar-refractivity contribution in [2.75, 3.05) is 69.7 Å². The highest BCUT2D eigenvalue weighted by Gasteiger charge is 2.36. The van der Waals surface area contributed by atoms with Crippen LogP contribution in [0.2, 0.25) is 0 Å². The second-order valence-electron chi connectivity index (χ2n) is 11.7. The predicted molar refractivity (Wildman–Crippen MR) is 164 cm³/mol. The standard InChI is InChI=1S/C30H38F3N9O4/c1-19-16-41(17-20(2)39(19)3)26-6-5-21(13-24(26)36-28(44)22-15-35-27(43)14-23(22)30(31,32)33)42-18-25(37-38-42)29(45)34-7-4-8-40-9-11-46-12-10-40/h5-6,13-15,18-20H,4,7-12,16-17H2,1-3H3,(H,34,45)(H,35,43)(H,36,44)/t19-,20+. The maximum absolute atomic E-state index is 13.8. The number of nitrogens with one attached hydrogen (secondary N) is 3. The van der Waals surface area contributed by atoms with Crippen LogP contribution in [0.15, 0.2) is 41.5 Å². The second kappa shape index (κ2) is 14.0. The molecular weight excluding hydrogens is 607 g/mol. The summed E-state index contributed by atoms with van der Waals surface area (Å²) >= 11 is 0. The Hall–Kier alpha value is -4.28. The van der Waals surface area contributed by atoms with Crippen LogP contribution in [0.25, 0.3) is 5.69 Å². The Kier molecular flexibility index (Phi) is 10.1. The normalized spacial score (nSPS) is 19.7. The molecule has 2 atom stereocenters. The van der Waals surface area contributed by atoms with Crippen LogP contribution in [-0.4, -0.2) is 113 Å². The molecule has 0 bridgehead atoms. The molecule has 3 aromatic rings. The van der Waals surface area contributed by atoms with E-state index in [1.165, 1.54) is 10.9 Å². The number of aromatic nitrogens is 4. The van der Waals surface area contributed by atoms with Gasteiger partial charge in [0.1, 0.15) is 0 Å². The van der Waals surface area contributed by atoms with Gasteiger partial charge in [0.15, 0.2) is 5.69 Å². The highest BCUT2D eigenvalue weighted by atomic mass is 19.4. The number of amides is 2. The zero-order chi connectivity index (χ0) is 33.0. The van der Waals surface area contributed by atoms with Gasteiger partial charge in [0.05, 0.1) is 47.6 Å². The third-order valence-corrected chi connectivity index (χ3v) is 8.43. The average Bonchev–Trinajstić information content (AvgIpc) is 3.52. The lowest BCUT2D eigenvalue weighted by atomic mass is 10.1. The summed E-state index contributed by atoms with van der Waals surface area (Å²) in [5.74, 6) is -1.44. The number of H-pyrrole nitrogens is 1. The van der Waals surface area contributed by atoms with Gasteiger partial charge in [-0.25, -0.2) is 4.68 Å². The molecule has 2 aliphatic heterocycles. The molecule has 2 fully saturated rings. The first-order valence-corrected chi connectivity index (χ1v) is 15.1. The van der Waals surface area contributed by atoms with Crippen LogP contribution in [-0.2, 0) is 10.9 Å². The molecule has 5 rings (SSSR count). The maximum atomic E-state index is 13.8. The topological polar surface area (TPSA) is 141 Å². The van der Waals surface area contributed by atoms with Crippen LogP contribution >= 0.6 is 0 Å². The fraction of sp³-hybridized carbons (Fsp3) is 0.500. The van der Waals surface area contributed by atoms with Gasteiger partial charge < -0.3 is 25.3 Å². The van der Waals surface area contributed by atoms with Gasteiger partial charge in [-0.1, -0.05) is 5.21 Å².